The van der Waals surface area contributed by atoms with Crippen LogP contribution in [0.5, 0.6) is 11.5 Å². The van der Waals surface area contributed by atoms with E-state index in [0.29, 0.717) is 0 Å². The molecule has 0 N–H and O–H groups in total. The van der Waals surface area contributed by atoms with Crippen LogP contribution in [0.15, 0.2) is 48.5 Å². The summed E-state index contributed by atoms with van der Waals surface area (Å²) in [6.07, 6.45) is 2.05. The summed E-state index contributed by atoms with van der Waals surface area (Å²) >= 11 is 1.70. The summed E-state index contributed by atoms with van der Waals surface area (Å²) in [6.45, 7) is 6.52. The average molecular weight is 316 g/mol. The highest BCUT2D eigenvalue weighted by molar-refractivity contribution is 7.99. The molecule has 0 aliphatic heterocycles. The lowest BCUT2D eigenvalue weighted by Crippen LogP contribution is -2.18. The molecule has 118 valence electrons. The Kier molecular flexibility index (Phi) is 5.41. The third-order valence-corrected chi connectivity index (χ3v) is 4.78. The van der Waals surface area contributed by atoms with Gasteiger partial charge >= 0.3 is 0 Å². The van der Waals surface area contributed by atoms with Crippen LogP contribution < -0.4 is 9.47 Å². The Bertz CT molecular complexity index is 588. The molecule has 1 unspecified atom stereocenters. The number of methoxy groups -OCH3 is 1. The SMILES string of the molecule is COc1ccc(C(C)(C)c2ccc(OC(C)SC)cc2)cc1. The third kappa shape index (κ3) is 3.77. The smallest absolute Gasteiger partial charge is 0.141 e. The zero-order valence-electron chi connectivity index (χ0n) is 13.9. The Labute approximate surface area is 137 Å². The average Bonchev–Trinajstić information content (AvgIpc) is 2.55. The fourth-order valence-corrected chi connectivity index (χ4v) is 2.57. The molecule has 2 aromatic carbocycles. The lowest BCUT2D eigenvalue weighted by molar-refractivity contribution is 0.308. The minimum Gasteiger partial charge on any atom is -0.497 e. The second-order valence-electron chi connectivity index (χ2n) is 5.80. The number of thioether (sulfide) groups is 1. The molecule has 22 heavy (non-hydrogen) atoms. The van der Waals surface area contributed by atoms with Gasteiger partial charge < -0.3 is 9.47 Å². The van der Waals surface area contributed by atoms with Crippen LogP contribution in [0.4, 0.5) is 0 Å². The Morgan fingerprint density at radius 2 is 1.32 bits per heavy atom. The van der Waals surface area contributed by atoms with Crippen LogP contribution in [-0.4, -0.2) is 18.8 Å². The van der Waals surface area contributed by atoms with Gasteiger partial charge in [-0.05, 0) is 48.6 Å². The second kappa shape index (κ2) is 7.10. The van der Waals surface area contributed by atoms with Gasteiger partial charge in [0.1, 0.15) is 16.9 Å². The van der Waals surface area contributed by atoms with Crippen molar-refractivity contribution in [2.24, 2.45) is 0 Å². The first-order valence-electron chi connectivity index (χ1n) is 7.42. The van der Waals surface area contributed by atoms with E-state index in [1.807, 2.05) is 30.5 Å². The zero-order chi connectivity index (χ0) is 16.2. The summed E-state index contributed by atoms with van der Waals surface area (Å²) < 4.78 is 11.0. The topological polar surface area (TPSA) is 18.5 Å². The lowest BCUT2D eigenvalue weighted by Gasteiger charge is -2.26. The Balaban J connectivity index is 2.21. The molecule has 0 aromatic heterocycles. The van der Waals surface area contributed by atoms with E-state index >= 15 is 0 Å². The summed E-state index contributed by atoms with van der Waals surface area (Å²) in [5, 5.41) is 0. The maximum absolute atomic E-state index is 5.81. The number of rotatable bonds is 6. The molecule has 0 saturated carbocycles. The summed E-state index contributed by atoms with van der Waals surface area (Å²) in [6, 6.07) is 16.7. The van der Waals surface area contributed by atoms with E-state index in [2.05, 4.69) is 45.0 Å². The highest BCUT2D eigenvalue weighted by Crippen LogP contribution is 2.33. The van der Waals surface area contributed by atoms with Crippen molar-refractivity contribution >= 4 is 11.8 Å². The first-order chi connectivity index (χ1) is 10.5. The molecule has 1 atom stereocenters. The van der Waals surface area contributed by atoms with E-state index in [1.54, 1.807) is 18.9 Å². The van der Waals surface area contributed by atoms with E-state index in [4.69, 9.17) is 9.47 Å². The molecule has 0 saturated heterocycles. The van der Waals surface area contributed by atoms with Crippen LogP contribution in [0, 0.1) is 0 Å². The first kappa shape index (κ1) is 16.8. The van der Waals surface area contributed by atoms with E-state index in [9.17, 15) is 0 Å². The molecule has 0 aliphatic rings. The van der Waals surface area contributed by atoms with E-state index in [-0.39, 0.29) is 10.9 Å². The standard InChI is InChI=1S/C19H24O2S/c1-14(22-5)21-18-12-8-16(9-13-18)19(2,3)15-6-10-17(20-4)11-7-15/h6-14H,1-5H3. The quantitative estimate of drug-likeness (QED) is 0.690. The van der Waals surface area contributed by atoms with Gasteiger partial charge in [0.2, 0.25) is 0 Å². The van der Waals surface area contributed by atoms with Crippen molar-refractivity contribution in [3.05, 3.63) is 59.7 Å². The van der Waals surface area contributed by atoms with E-state index < -0.39 is 0 Å². The Hall–Kier alpha value is -1.61. The largest absolute Gasteiger partial charge is 0.497 e. The Morgan fingerprint density at radius 1 is 0.864 bits per heavy atom. The molecular formula is C19H24O2S. The van der Waals surface area contributed by atoms with Crippen LogP contribution >= 0.6 is 11.8 Å². The van der Waals surface area contributed by atoms with Gasteiger partial charge in [0.25, 0.3) is 0 Å². The fourth-order valence-electron chi connectivity index (χ4n) is 2.36. The zero-order valence-corrected chi connectivity index (χ0v) is 14.7. The Morgan fingerprint density at radius 3 is 1.73 bits per heavy atom. The molecule has 2 rings (SSSR count). The molecule has 0 spiro atoms. The van der Waals surface area contributed by atoms with Crippen LogP contribution in [0.2, 0.25) is 0 Å². The van der Waals surface area contributed by atoms with Gasteiger partial charge in [-0.15, -0.1) is 11.8 Å². The highest BCUT2D eigenvalue weighted by Gasteiger charge is 2.23. The van der Waals surface area contributed by atoms with Gasteiger partial charge in [0.05, 0.1) is 7.11 Å². The fraction of sp³-hybridized carbons (Fsp3) is 0.368. The van der Waals surface area contributed by atoms with Gasteiger partial charge in [-0.1, -0.05) is 38.1 Å². The van der Waals surface area contributed by atoms with Gasteiger partial charge in [0.15, 0.2) is 0 Å². The van der Waals surface area contributed by atoms with Crippen LogP contribution in [0.1, 0.15) is 31.9 Å². The summed E-state index contributed by atoms with van der Waals surface area (Å²) in [5.41, 5.74) is 2.64. The molecular weight excluding hydrogens is 292 g/mol. The summed E-state index contributed by atoms with van der Waals surface area (Å²) in [5.74, 6) is 1.80. The van der Waals surface area contributed by atoms with Gasteiger partial charge in [-0.25, -0.2) is 0 Å². The first-order valence-corrected chi connectivity index (χ1v) is 8.70. The lowest BCUT2D eigenvalue weighted by atomic mass is 9.78. The van der Waals surface area contributed by atoms with Crippen molar-refractivity contribution in [2.75, 3.05) is 13.4 Å². The molecule has 0 heterocycles. The van der Waals surface area contributed by atoms with Gasteiger partial charge in [-0.3, -0.25) is 0 Å². The minimum absolute atomic E-state index is 0.0596. The molecule has 0 aliphatic carbocycles. The van der Waals surface area contributed by atoms with E-state index in [0.717, 1.165) is 11.5 Å². The predicted molar refractivity (Wildman–Crippen MR) is 95.2 cm³/mol. The molecule has 0 fully saturated rings. The highest BCUT2D eigenvalue weighted by atomic mass is 32.2. The molecule has 2 nitrogen and oxygen atoms in total. The molecule has 0 amide bonds. The van der Waals surface area contributed by atoms with E-state index in [1.165, 1.54) is 11.1 Å². The molecule has 0 radical (unpaired) electrons. The monoisotopic (exact) mass is 316 g/mol. The number of hydrogen-bond acceptors (Lipinski definition) is 3. The maximum Gasteiger partial charge on any atom is 0.141 e. The van der Waals surface area contributed by atoms with Crippen molar-refractivity contribution in [1.82, 2.24) is 0 Å². The van der Waals surface area contributed by atoms with Crippen LogP contribution in [-0.2, 0) is 5.41 Å². The molecule has 3 heteroatoms. The van der Waals surface area contributed by atoms with Gasteiger partial charge in [0, 0.05) is 5.41 Å². The van der Waals surface area contributed by atoms with Crippen molar-refractivity contribution in [2.45, 2.75) is 31.6 Å². The number of ether oxygens (including phenoxy) is 2. The predicted octanol–water partition coefficient (Wildman–Crippen LogP) is 5.11. The number of hydrogen-bond donors (Lipinski definition) is 0. The second-order valence-corrected chi connectivity index (χ2v) is 6.93. The summed E-state index contributed by atoms with van der Waals surface area (Å²) in [7, 11) is 1.69. The normalized spacial score (nSPS) is 12.8. The van der Waals surface area contributed by atoms with Crippen molar-refractivity contribution < 1.29 is 9.47 Å². The summed E-state index contributed by atoms with van der Waals surface area (Å²) in [4.78, 5) is 0. The minimum atomic E-state index is -0.0596. The van der Waals surface area contributed by atoms with Crippen molar-refractivity contribution in [3.63, 3.8) is 0 Å². The van der Waals surface area contributed by atoms with Crippen molar-refractivity contribution in [3.8, 4) is 11.5 Å². The van der Waals surface area contributed by atoms with Gasteiger partial charge in [-0.2, -0.15) is 0 Å². The maximum atomic E-state index is 5.81. The number of benzene rings is 2. The van der Waals surface area contributed by atoms with Crippen LogP contribution in [0.3, 0.4) is 0 Å². The molecule has 2 aromatic rings. The van der Waals surface area contributed by atoms with Crippen molar-refractivity contribution in [1.29, 1.82) is 0 Å². The van der Waals surface area contributed by atoms with Crippen LogP contribution in [0.25, 0.3) is 0 Å². The third-order valence-electron chi connectivity index (χ3n) is 4.02. The molecule has 0 bridgehead atoms.